The molecule has 8 nitrogen and oxygen atoms in total. The van der Waals surface area contributed by atoms with Gasteiger partial charge < -0.3 is 15.2 Å². The van der Waals surface area contributed by atoms with Crippen LogP contribution in [0.25, 0.3) is 0 Å². The highest BCUT2D eigenvalue weighted by Crippen LogP contribution is 2.34. The minimum absolute atomic E-state index is 0.0459. The summed E-state index contributed by atoms with van der Waals surface area (Å²) in [5, 5.41) is 15.0. The Morgan fingerprint density at radius 3 is 2.65 bits per heavy atom. The Labute approximate surface area is 199 Å². The molecule has 0 atom stereocenters. The minimum atomic E-state index is -4.40. The molecule has 0 radical (unpaired) electrons. The van der Waals surface area contributed by atoms with Crippen LogP contribution >= 0.6 is 11.8 Å². The second-order valence-corrected chi connectivity index (χ2v) is 9.46. The van der Waals surface area contributed by atoms with Crippen molar-refractivity contribution < 1.29 is 22.8 Å². The monoisotopic (exact) mass is 496 g/mol. The highest BCUT2D eigenvalue weighted by molar-refractivity contribution is 7.99. The molecule has 1 aromatic heterocycles. The Hall–Kier alpha value is -2.76. The molecule has 1 aliphatic carbocycles. The second-order valence-electron chi connectivity index (χ2n) is 8.40. The summed E-state index contributed by atoms with van der Waals surface area (Å²) >= 11 is 1.52. The van der Waals surface area contributed by atoms with Crippen molar-refractivity contribution in [3.05, 3.63) is 35.7 Å². The molecule has 0 bridgehead atoms. The van der Waals surface area contributed by atoms with E-state index < -0.39 is 11.7 Å². The number of alkyl halides is 3. The zero-order chi connectivity index (χ0) is 24.1. The molecule has 4 rings (SSSR count). The van der Waals surface area contributed by atoms with E-state index in [0.717, 1.165) is 43.0 Å². The number of nitrogens with one attached hydrogen (secondary N) is 2. The number of urea groups is 1. The first-order valence-corrected chi connectivity index (χ1v) is 12.4. The third-order valence-corrected chi connectivity index (χ3v) is 7.04. The number of benzene rings is 1. The molecule has 2 aromatic rings. The standard InChI is InChI=1S/C22H27F3N6O2S/c23-22(24,25)15-6-4-7-16(12-15)26-13-18-28-29-21(31(18)17-8-2-1-3-9-17)34-11-5-10-30-19(32)14-27-20(30)33/h4,6-7,12,17,26H,1-3,5,8-11,13-14H2,(H,27,33). The Bertz CT molecular complexity index is 1010. The molecule has 34 heavy (non-hydrogen) atoms. The summed E-state index contributed by atoms with van der Waals surface area (Å²) in [7, 11) is 0. The van der Waals surface area contributed by atoms with E-state index in [9.17, 15) is 22.8 Å². The van der Waals surface area contributed by atoms with E-state index in [4.69, 9.17) is 0 Å². The number of thioether (sulfide) groups is 1. The van der Waals surface area contributed by atoms with Crippen molar-refractivity contribution in [3.63, 3.8) is 0 Å². The van der Waals surface area contributed by atoms with Crippen LogP contribution in [0.5, 0.6) is 0 Å². The molecular formula is C22H27F3N6O2S. The highest BCUT2D eigenvalue weighted by atomic mass is 32.2. The van der Waals surface area contributed by atoms with Crippen LogP contribution in [0.1, 0.15) is 56.0 Å². The number of rotatable bonds is 9. The molecule has 2 aliphatic rings. The predicted molar refractivity (Wildman–Crippen MR) is 121 cm³/mol. The molecule has 3 amide bonds. The summed E-state index contributed by atoms with van der Waals surface area (Å²) in [6.07, 6.45) is 1.64. The van der Waals surface area contributed by atoms with Crippen LogP contribution < -0.4 is 10.6 Å². The largest absolute Gasteiger partial charge is 0.416 e. The van der Waals surface area contributed by atoms with E-state index >= 15 is 0 Å². The highest BCUT2D eigenvalue weighted by Gasteiger charge is 2.31. The molecule has 1 saturated heterocycles. The van der Waals surface area contributed by atoms with Gasteiger partial charge in [-0.3, -0.25) is 9.69 Å². The van der Waals surface area contributed by atoms with Crippen LogP contribution in [0.3, 0.4) is 0 Å². The topological polar surface area (TPSA) is 92.2 Å². The predicted octanol–water partition coefficient (Wildman–Crippen LogP) is 4.45. The van der Waals surface area contributed by atoms with Crippen LogP contribution in [0.4, 0.5) is 23.7 Å². The van der Waals surface area contributed by atoms with Crippen molar-refractivity contribution in [3.8, 4) is 0 Å². The Kier molecular flexibility index (Phi) is 7.64. The first kappa shape index (κ1) is 24.4. The molecule has 2 fully saturated rings. The van der Waals surface area contributed by atoms with Gasteiger partial charge in [0.15, 0.2) is 11.0 Å². The van der Waals surface area contributed by atoms with Gasteiger partial charge in [-0.2, -0.15) is 13.2 Å². The van der Waals surface area contributed by atoms with Gasteiger partial charge in [0.05, 0.1) is 18.7 Å². The normalized spacial score (nSPS) is 17.3. The summed E-state index contributed by atoms with van der Waals surface area (Å²) in [6.45, 7) is 0.650. The first-order chi connectivity index (χ1) is 16.3. The second kappa shape index (κ2) is 10.7. The number of halogens is 3. The van der Waals surface area contributed by atoms with Gasteiger partial charge in [0.1, 0.15) is 0 Å². The molecule has 12 heteroatoms. The van der Waals surface area contributed by atoms with Gasteiger partial charge in [0, 0.05) is 24.0 Å². The summed E-state index contributed by atoms with van der Waals surface area (Å²) in [5.41, 5.74) is -0.330. The lowest BCUT2D eigenvalue weighted by Crippen LogP contribution is -2.32. The van der Waals surface area contributed by atoms with Crippen LogP contribution in [-0.2, 0) is 17.5 Å². The number of carbonyl (C=O) groups excluding carboxylic acids is 2. The van der Waals surface area contributed by atoms with E-state index in [1.165, 1.54) is 29.1 Å². The smallest absolute Gasteiger partial charge is 0.378 e. The number of imide groups is 1. The van der Waals surface area contributed by atoms with Crippen LogP contribution in [0.2, 0.25) is 0 Å². The number of carbonyl (C=O) groups is 2. The average Bonchev–Trinajstić information content (AvgIpc) is 3.38. The average molecular weight is 497 g/mol. The Balaban J connectivity index is 1.42. The Morgan fingerprint density at radius 1 is 1.15 bits per heavy atom. The van der Waals surface area contributed by atoms with Crippen molar-refractivity contribution in [1.82, 2.24) is 25.0 Å². The fourth-order valence-corrected chi connectivity index (χ4v) is 5.23. The first-order valence-electron chi connectivity index (χ1n) is 11.4. The summed E-state index contributed by atoms with van der Waals surface area (Å²) in [4.78, 5) is 24.6. The zero-order valence-electron chi connectivity index (χ0n) is 18.6. The lowest BCUT2D eigenvalue weighted by molar-refractivity contribution is -0.137. The quantitative estimate of drug-likeness (QED) is 0.303. The Morgan fingerprint density at radius 2 is 1.94 bits per heavy atom. The van der Waals surface area contributed by atoms with E-state index in [1.54, 1.807) is 6.07 Å². The van der Waals surface area contributed by atoms with Crippen molar-refractivity contribution in [2.75, 3.05) is 24.2 Å². The molecule has 1 aromatic carbocycles. The number of anilines is 1. The molecule has 184 valence electrons. The van der Waals surface area contributed by atoms with E-state index in [-0.39, 0.29) is 31.1 Å². The fraction of sp³-hybridized carbons (Fsp3) is 0.545. The van der Waals surface area contributed by atoms with Crippen LogP contribution in [0, 0.1) is 0 Å². The van der Waals surface area contributed by atoms with Gasteiger partial charge >= 0.3 is 12.2 Å². The minimum Gasteiger partial charge on any atom is -0.378 e. The number of amides is 3. The van der Waals surface area contributed by atoms with Crippen LogP contribution in [-0.4, -0.2) is 50.4 Å². The third-order valence-electron chi connectivity index (χ3n) is 6.01. The maximum atomic E-state index is 13.0. The van der Waals surface area contributed by atoms with Gasteiger partial charge in [0.25, 0.3) is 0 Å². The van der Waals surface area contributed by atoms with E-state index in [1.807, 2.05) is 0 Å². The zero-order valence-corrected chi connectivity index (χ0v) is 19.4. The lowest BCUT2D eigenvalue weighted by Gasteiger charge is -2.25. The molecule has 0 spiro atoms. The summed E-state index contributed by atoms with van der Waals surface area (Å²) < 4.78 is 41.2. The van der Waals surface area contributed by atoms with Gasteiger partial charge in [-0.25, -0.2) is 4.79 Å². The maximum absolute atomic E-state index is 13.0. The fourth-order valence-electron chi connectivity index (χ4n) is 4.29. The van der Waals surface area contributed by atoms with Crippen molar-refractivity contribution >= 4 is 29.4 Å². The molecule has 0 unspecified atom stereocenters. The molecule has 1 saturated carbocycles. The van der Waals surface area contributed by atoms with Gasteiger partial charge in [-0.15, -0.1) is 10.2 Å². The van der Waals surface area contributed by atoms with Gasteiger partial charge in [0.2, 0.25) is 5.91 Å². The molecular weight excluding hydrogens is 469 g/mol. The number of hydrogen-bond donors (Lipinski definition) is 2. The van der Waals surface area contributed by atoms with Gasteiger partial charge in [-0.05, 0) is 37.5 Å². The number of aromatic nitrogens is 3. The van der Waals surface area contributed by atoms with Crippen molar-refractivity contribution in [1.29, 1.82) is 0 Å². The molecule has 1 aliphatic heterocycles. The number of hydrogen-bond acceptors (Lipinski definition) is 6. The van der Waals surface area contributed by atoms with Gasteiger partial charge in [-0.1, -0.05) is 37.1 Å². The molecule has 2 N–H and O–H groups in total. The SMILES string of the molecule is O=C1CNC(=O)N1CCCSc1nnc(CNc2cccc(C(F)(F)F)c2)n1C1CCCCC1. The van der Waals surface area contributed by atoms with Crippen molar-refractivity contribution in [2.24, 2.45) is 0 Å². The van der Waals surface area contributed by atoms with Crippen molar-refractivity contribution in [2.45, 2.75) is 62.4 Å². The number of nitrogens with zero attached hydrogens (tertiary/aromatic N) is 4. The summed E-state index contributed by atoms with van der Waals surface area (Å²) in [5.74, 6) is 1.12. The van der Waals surface area contributed by atoms with E-state index in [2.05, 4.69) is 25.4 Å². The van der Waals surface area contributed by atoms with E-state index in [0.29, 0.717) is 30.2 Å². The molecule has 2 heterocycles. The van der Waals surface area contributed by atoms with Crippen LogP contribution in [0.15, 0.2) is 29.4 Å². The lowest BCUT2D eigenvalue weighted by atomic mass is 9.95. The summed E-state index contributed by atoms with van der Waals surface area (Å²) in [6, 6.07) is 5.00. The third kappa shape index (κ3) is 5.83. The maximum Gasteiger partial charge on any atom is 0.416 e.